The van der Waals surface area contributed by atoms with Crippen molar-refractivity contribution in [2.75, 3.05) is 18.0 Å². The summed E-state index contributed by atoms with van der Waals surface area (Å²) in [6, 6.07) is 3.83. The molecule has 0 bridgehead atoms. The highest BCUT2D eigenvalue weighted by Crippen LogP contribution is 2.32. The number of nitro groups is 1. The van der Waals surface area contributed by atoms with E-state index in [0.717, 1.165) is 6.42 Å². The van der Waals surface area contributed by atoms with Gasteiger partial charge in [-0.1, -0.05) is 6.07 Å². The first-order chi connectivity index (χ1) is 7.59. The molecule has 7 heteroatoms. The van der Waals surface area contributed by atoms with E-state index in [4.69, 9.17) is 5.73 Å². The third-order valence-corrected chi connectivity index (χ3v) is 2.70. The van der Waals surface area contributed by atoms with Crippen molar-refractivity contribution in [3.05, 3.63) is 34.1 Å². The van der Waals surface area contributed by atoms with Crippen LogP contribution in [0.5, 0.6) is 0 Å². The quantitative estimate of drug-likeness (QED) is 0.650. The standard InChI is InChI=1S/C10H12FN3O2.ClH/c11-8-2-1-3-9(14(15)16)10(8)13-5-4-7(12)6-13;/h1-3,7H,4-6,12H2;1H. The number of nitrogens with two attached hydrogens (primary N) is 1. The van der Waals surface area contributed by atoms with Crippen molar-refractivity contribution in [3.8, 4) is 0 Å². The fourth-order valence-corrected chi connectivity index (χ4v) is 1.95. The molecule has 17 heavy (non-hydrogen) atoms. The van der Waals surface area contributed by atoms with Crippen molar-refractivity contribution >= 4 is 23.8 Å². The molecule has 1 saturated heterocycles. The van der Waals surface area contributed by atoms with Crippen molar-refractivity contribution in [1.82, 2.24) is 0 Å². The Labute approximate surface area is 104 Å². The van der Waals surface area contributed by atoms with Crippen LogP contribution in [-0.2, 0) is 0 Å². The van der Waals surface area contributed by atoms with Crippen molar-refractivity contribution in [3.63, 3.8) is 0 Å². The molecule has 5 nitrogen and oxygen atoms in total. The highest BCUT2D eigenvalue weighted by molar-refractivity contribution is 5.85. The van der Waals surface area contributed by atoms with Gasteiger partial charge in [-0.3, -0.25) is 10.1 Å². The van der Waals surface area contributed by atoms with Crippen LogP contribution >= 0.6 is 12.4 Å². The summed E-state index contributed by atoms with van der Waals surface area (Å²) >= 11 is 0. The summed E-state index contributed by atoms with van der Waals surface area (Å²) in [5.74, 6) is -0.566. The van der Waals surface area contributed by atoms with Crippen molar-refractivity contribution in [1.29, 1.82) is 0 Å². The van der Waals surface area contributed by atoms with Crippen molar-refractivity contribution < 1.29 is 9.31 Å². The maximum Gasteiger partial charge on any atom is 0.295 e. The summed E-state index contributed by atoms with van der Waals surface area (Å²) in [6.07, 6.45) is 0.728. The molecule has 0 amide bonds. The van der Waals surface area contributed by atoms with Crippen LogP contribution in [-0.4, -0.2) is 24.1 Å². The van der Waals surface area contributed by atoms with Gasteiger partial charge < -0.3 is 10.6 Å². The van der Waals surface area contributed by atoms with E-state index in [1.807, 2.05) is 0 Å². The van der Waals surface area contributed by atoms with Gasteiger partial charge in [-0.15, -0.1) is 12.4 Å². The normalized spacial score (nSPS) is 18.9. The van der Waals surface area contributed by atoms with Gasteiger partial charge in [0.2, 0.25) is 0 Å². The zero-order chi connectivity index (χ0) is 11.7. The first kappa shape index (κ1) is 13.7. The van der Waals surface area contributed by atoms with E-state index in [1.165, 1.54) is 18.2 Å². The molecule has 1 aliphatic rings. The summed E-state index contributed by atoms with van der Waals surface area (Å²) in [6.45, 7) is 1.02. The number of anilines is 1. The molecular weight excluding hydrogens is 249 g/mol. The van der Waals surface area contributed by atoms with Crippen molar-refractivity contribution in [2.45, 2.75) is 12.5 Å². The van der Waals surface area contributed by atoms with E-state index in [-0.39, 0.29) is 29.8 Å². The van der Waals surface area contributed by atoms with E-state index in [0.29, 0.717) is 13.1 Å². The van der Waals surface area contributed by atoms with Gasteiger partial charge in [0, 0.05) is 25.2 Å². The minimum Gasteiger partial charge on any atom is -0.362 e. The van der Waals surface area contributed by atoms with Crippen LogP contribution in [0.15, 0.2) is 18.2 Å². The molecule has 0 spiro atoms. The van der Waals surface area contributed by atoms with Crippen LogP contribution < -0.4 is 10.6 Å². The van der Waals surface area contributed by atoms with E-state index in [9.17, 15) is 14.5 Å². The second kappa shape index (κ2) is 5.29. The predicted octanol–water partition coefficient (Wildman–Crippen LogP) is 1.69. The topological polar surface area (TPSA) is 72.4 Å². The van der Waals surface area contributed by atoms with Gasteiger partial charge in [0.1, 0.15) is 0 Å². The first-order valence-corrected chi connectivity index (χ1v) is 5.03. The Kier molecular flexibility index (Phi) is 4.25. The predicted molar refractivity (Wildman–Crippen MR) is 65.1 cm³/mol. The van der Waals surface area contributed by atoms with Crippen LogP contribution in [0, 0.1) is 15.9 Å². The molecule has 1 atom stereocenters. The SMILES string of the molecule is Cl.NC1CCN(c2c(F)cccc2[N+](=O)[O-])C1. The van der Waals surface area contributed by atoms with E-state index >= 15 is 0 Å². The van der Waals surface area contributed by atoms with Gasteiger partial charge in [0.15, 0.2) is 11.5 Å². The van der Waals surface area contributed by atoms with Crippen LogP contribution in [0.25, 0.3) is 0 Å². The van der Waals surface area contributed by atoms with Crippen LogP contribution in [0.1, 0.15) is 6.42 Å². The highest BCUT2D eigenvalue weighted by atomic mass is 35.5. The van der Waals surface area contributed by atoms with Crippen LogP contribution in [0.3, 0.4) is 0 Å². The van der Waals surface area contributed by atoms with E-state index in [1.54, 1.807) is 4.90 Å². The van der Waals surface area contributed by atoms with Gasteiger partial charge in [0.05, 0.1) is 4.92 Å². The maximum absolute atomic E-state index is 13.6. The lowest BCUT2D eigenvalue weighted by molar-refractivity contribution is -0.384. The minimum atomic E-state index is -0.567. The number of rotatable bonds is 2. The van der Waals surface area contributed by atoms with Crippen LogP contribution in [0.4, 0.5) is 15.8 Å². The van der Waals surface area contributed by atoms with Gasteiger partial charge in [-0.2, -0.15) is 0 Å². The molecule has 2 rings (SSSR count). The first-order valence-electron chi connectivity index (χ1n) is 5.03. The van der Waals surface area contributed by atoms with E-state index in [2.05, 4.69) is 0 Å². The summed E-state index contributed by atoms with van der Waals surface area (Å²) in [5, 5.41) is 10.8. The summed E-state index contributed by atoms with van der Waals surface area (Å²) < 4.78 is 13.6. The fourth-order valence-electron chi connectivity index (χ4n) is 1.95. The monoisotopic (exact) mass is 261 g/mol. The van der Waals surface area contributed by atoms with E-state index < -0.39 is 10.7 Å². The molecular formula is C10H13ClFN3O2. The molecule has 1 aromatic carbocycles. The number of nitrogens with zero attached hydrogens (tertiary/aromatic N) is 2. The second-order valence-electron chi connectivity index (χ2n) is 3.86. The molecule has 0 radical (unpaired) electrons. The molecule has 1 aliphatic heterocycles. The third-order valence-electron chi connectivity index (χ3n) is 2.70. The second-order valence-corrected chi connectivity index (χ2v) is 3.86. The molecule has 2 N–H and O–H groups in total. The number of halogens is 2. The lowest BCUT2D eigenvalue weighted by Gasteiger charge is -2.18. The Balaban J connectivity index is 0.00000144. The lowest BCUT2D eigenvalue weighted by atomic mass is 10.2. The van der Waals surface area contributed by atoms with Gasteiger partial charge in [-0.25, -0.2) is 4.39 Å². The zero-order valence-electron chi connectivity index (χ0n) is 9.01. The van der Waals surface area contributed by atoms with Crippen LogP contribution in [0.2, 0.25) is 0 Å². The maximum atomic E-state index is 13.6. The average Bonchev–Trinajstić information content (AvgIpc) is 2.64. The Morgan fingerprint density at radius 3 is 2.76 bits per heavy atom. The van der Waals surface area contributed by atoms with Crippen molar-refractivity contribution in [2.24, 2.45) is 5.73 Å². The molecule has 1 heterocycles. The largest absolute Gasteiger partial charge is 0.362 e. The number of para-hydroxylation sites is 1. The van der Waals surface area contributed by atoms with Gasteiger partial charge in [0.25, 0.3) is 5.69 Å². The number of nitro benzene ring substituents is 1. The van der Waals surface area contributed by atoms with Gasteiger partial charge >= 0.3 is 0 Å². The summed E-state index contributed by atoms with van der Waals surface area (Å²) in [5.41, 5.74) is 5.56. The Morgan fingerprint density at radius 2 is 2.24 bits per heavy atom. The Morgan fingerprint density at radius 1 is 1.53 bits per heavy atom. The number of hydrogen-bond acceptors (Lipinski definition) is 4. The molecule has 1 aromatic rings. The highest BCUT2D eigenvalue weighted by Gasteiger charge is 2.28. The summed E-state index contributed by atoms with van der Waals surface area (Å²) in [4.78, 5) is 11.9. The molecule has 1 unspecified atom stereocenters. The zero-order valence-corrected chi connectivity index (χ0v) is 9.82. The average molecular weight is 262 g/mol. The molecule has 0 saturated carbocycles. The Bertz CT molecular complexity index is 430. The minimum absolute atomic E-state index is 0. The Hall–Kier alpha value is -1.40. The number of hydrogen-bond donors (Lipinski definition) is 1. The number of benzene rings is 1. The smallest absolute Gasteiger partial charge is 0.295 e. The molecule has 1 fully saturated rings. The molecule has 94 valence electrons. The third kappa shape index (κ3) is 2.65. The van der Waals surface area contributed by atoms with Gasteiger partial charge in [-0.05, 0) is 12.5 Å². The summed E-state index contributed by atoms with van der Waals surface area (Å²) in [7, 11) is 0. The molecule has 0 aromatic heterocycles. The molecule has 0 aliphatic carbocycles. The fraction of sp³-hybridized carbons (Fsp3) is 0.400. The lowest BCUT2D eigenvalue weighted by Crippen LogP contribution is -2.27.